The second-order valence-electron chi connectivity index (χ2n) is 14.2. The molecule has 0 saturated heterocycles. The molecule has 3 aromatic rings. The Labute approximate surface area is 344 Å². The standard InChI is InChI=1S/C45H62N2O11/c1-8-22-54-25-21-47(31-35-12-14-39-43(28-35)58-32-57-39)19-10-24-56-45(49)16-15-44(48)55-23-9-18-46(3)20-17-36-29-41(52-6)42(53-7)30-37(36)33(2)26-34-11-13-38(50-4)40(27-34)51-5/h11-16,27-30,33H,8-10,17-26,31-32H2,1-7H3/b16-15-/t33-/m1/s1. The fourth-order valence-electron chi connectivity index (χ4n) is 6.71. The van der Waals surface area contributed by atoms with Gasteiger partial charge in [0.15, 0.2) is 34.5 Å². The van der Waals surface area contributed by atoms with Crippen molar-refractivity contribution in [3.63, 3.8) is 0 Å². The molecule has 0 aromatic heterocycles. The third kappa shape index (κ3) is 14.8. The second kappa shape index (κ2) is 24.7. The SMILES string of the molecule is CCCOCCN(CCCOC(=O)/C=C\C(=O)OCCCN(C)CCc1cc(OC)c(OC)cc1[C@H](C)Cc1ccc(OC)c(OC)c1)Cc1ccc2c(c1)OCO2. The molecule has 58 heavy (non-hydrogen) atoms. The van der Waals surface area contributed by atoms with Crippen LogP contribution in [0.15, 0.2) is 60.7 Å². The maximum Gasteiger partial charge on any atom is 0.331 e. The van der Waals surface area contributed by atoms with Crippen LogP contribution in [0, 0.1) is 0 Å². The number of fused-ring (bicyclic) bond motifs is 1. The zero-order valence-electron chi connectivity index (χ0n) is 35.3. The first kappa shape index (κ1) is 45.7. The number of benzene rings is 3. The molecule has 0 N–H and O–H groups in total. The van der Waals surface area contributed by atoms with Crippen LogP contribution >= 0.6 is 0 Å². The largest absolute Gasteiger partial charge is 0.493 e. The van der Waals surface area contributed by atoms with Crippen LogP contribution in [-0.2, 0) is 43.2 Å². The van der Waals surface area contributed by atoms with Gasteiger partial charge in [0.2, 0.25) is 6.79 Å². The zero-order chi connectivity index (χ0) is 41.7. The van der Waals surface area contributed by atoms with Crippen LogP contribution < -0.4 is 28.4 Å². The smallest absolute Gasteiger partial charge is 0.331 e. The molecule has 0 amide bonds. The summed E-state index contributed by atoms with van der Waals surface area (Å²) in [5.74, 6) is 3.30. The van der Waals surface area contributed by atoms with Gasteiger partial charge in [-0.05, 0) is 104 Å². The molecule has 0 bridgehead atoms. The molecule has 0 radical (unpaired) electrons. The molecular formula is C45H62N2O11. The topological polar surface area (TPSA) is 124 Å². The fourth-order valence-corrected chi connectivity index (χ4v) is 6.71. The number of esters is 2. The number of carbonyl (C=O) groups is 2. The Morgan fingerprint density at radius 3 is 2.03 bits per heavy atom. The number of rotatable bonds is 27. The molecule has 0 aliphatic carbocycles. The molecule has 0 spiro atoms. The first-order chi connectivity index (χ1) is 28.2. The van der Waals surface area contributed by atoms with Crippen LogP contribution in [-0.4, -0.2) is 117 Å². The highest BCUT2D eigenvalue weighted by Crippen LogP contribution is 2.37. The van der Waals surface area contributed by atoms with Gasteiger partial charge in [0.05, 0.1) is 48.3 Å². The number of nitrogens with zero attached hydrogens (tertiary/aromatic N) is 2. The summed E-state index contributed by atoms with van der Waals surface area (Å²) in [4.78, 5) is 29.1. The van der Waals surface area contributed by atoms with Crippen LogP contribution in [0.3, 0.4) is 0 Å². The maximum atomic E-state index is 12.3. The van der Waals surface area contributed by atoms with Crippen molar-refractivity contribution in [1.29, 1.82) is 0 Å². The summed E-state index contributed by atoms with van der Waals surface area (Å²) in [6, 6.07) is 16.1. The Balaban J connectivity index is 1.17. The van der Waals surface area contributed by atoms with E-state index in [1.54, 1.807) is 28.4 Å². The predicted octanol–water partition coefficient (Wildman–Crippen LogP) is 6.62. The van der Waals surface area contributed by atoms with E-state index >= 15 is 0 Å². The summed E-state index contributed by atoms with van der Waals surface area (Å²) in [6.45, 7) is 9.95. The van der Waals surface area contributed by atoms with Gasteiger partial charge < -0.3 is 47.5 Å². The van der Waals surface area contributed by atoms with Gasteiger partial charge in [-0.2, -0.15) is 0 Å². The predicted molar refractivity (Wildman–Crippen MR) is 222 cm³/mol. The number of carbonyl (C=O) groups excluding carboxylic acids is 2. The van der Waals surface area contributed by atoms with Gasteiger partial charge >= 0.3 is 11.9 Å². The van der Waals surface area contributed by atoms with E-state index in [0.29, 0.717) is 62.1 Å². The summed E-state index contributed by atoms with van der Waals surface area (Å²) in [6.07, 6.45) is 6.05. The molecule has 0 unspecified atom stereocenters. The number of hydrogen-bond donors (Lipinski definition) is 0. The van der Waals surface area contributed by atoms with Gasteiger partial charge in [0.25, 0.3) is 0 Å². The van der Waals surface area contributed by atoms with Gasteiger partial charge in [0, 0.05) is 51.5 Å². The fraction of sp³-hybridized carbons (Fsp3) is 0.511. The van der Waals surface area contributed by atoms with E-state index in [1.807, 2.05) is 37.4 Å². The normalized spacial score (nSPS) is 12.6. The maximum absolute atomic E-state index is 12.3. The Morgan fingerprint density at radius 2 is 1.34 bits per heavy atom. The molecule has 3 aromatic carbocycles. The van der Waals surface area contributed by atoms with Crippen molar-refractivity contribution in [1.82, 2.24) is 9.80 Å². The van der Waals surface area contributed by atoms with Crippen molar-refractivity contribution in [2.45, 2.75) is 58.4 Å². The van der Waals surface area contributed by atoms with E-state index in [0.717, 1.165) is 73.7 Å². The monoisotopic (exact) mass is 806 g/mol. The van der Waals surface area contributed by atoms with E-state index in [-0.39, 0.29) is 25.9 Å². The first-order valence-corrected chi connectivity index (χ1v) is 20.0. The number of ether oxygens (including phenoxy) is 9. The number of hydrogen-bond acceptors (Lipinski definition) is 13. The molecule has 1 aliphatic rings. The minimum Gasteiger partial charge on any atom is -0.493 e. The molecule has 1 aliphatic heterocycles. The van der Waals surface area contributed by atoms with Crippen LogP contribution in [0.4, 0.5) is 0 Å². The summed E-state index contributed by atoms with van der Waals surface area (Å²) >= 11 is 0. The molecule has 13 heteroatoms. The van der Waals surface area contributed by atoms with Gasteiger partial charge in [-0.3, -0.25) is 4.90 Å². The average Bonchev–Trinajstić information content (AvgIpc) is 3.71. The van der Waals surface area contributed by atoms with Crippen molar-refractivity contribution >= 4 is 11.9 Å². The molecule has 318 valence electrons. The lowest BCUT2D eigenvalue weighted by molar-refractivity contribution is -0.140. The van der Waals surface area contributed by atoms with Crippen molar-refractivity contribution in [3.8, 4) is 34.5 Å². The highest BCUT2D eigenvalue weighted by molar-refractivity contribution is 5.91. The van der Waals surface area contributed by atoms with Gasteiger partial charge in [-0.15, -0.1) is 0 Å². The quantitative estimate of drug-likeness (QED) is 0.0466. The van der Waals surface area contributed by atoms with E-state index in [2.05, 4.69) is 41.8 Å². The van der Waals surface area contributed by atoms with Crippen molar-refractivity contribution < 1.29 is 52.2 Å². The van der Waals surface area contributed by atoms with Crippen molar-refractivity contribution in [2.24, 2.45) is 0 Å². The van der Waals surface area contributed by atoms with Crippen molar-refractivity contribution in [3.05, 3.63) is 82.9 Å². The van der Waals surface area contributed by atoms with Crippen LogP contribution in [0.5, 0.6) is 34.5 Å². The molecule has 1 atom stereocenters. The summed E-state index contributed by atoms with van der Waals surface area (Å²) in [7, 11) is 8.61. The third-order valence-corrected chi connectivity index (χ3v) is 9.82. The average molecular weight is 807 g/mol. The molecular weight excluding hydrogens is 744 g/mol. The second-order valence-corrected chi connectivity index (χ2v) is 14.2. The van der Waals surface area contributed by atoms with Gasteiger partial charge in [0.1, 0.15) is 0 Å². The Bertz CT molecular complexity index is 1760. The summed E-state index contributed by atoms with van der Waals surface area (Å²) < 4.78 is 49.6. The van der Waals surface area contributed by atoms with E-state index in [9.17, 15) is 9.59 Å². The van der Waals surface area contributed by atoms with Crippen LogP contribution in [0.2, 0.25) is 0 Å². The minimum absolute atomic E-state index is 0.187. The van der Waals surface area contributed by atoms with Gasteiger partial charge in [-0.25, -0.2) is 9.59 Å². The molecule has 1 heterocycles. The van der Waals surface area contributed by atoms with Crippen LogP contribution in [0.25, 0.3) is 0 Å². The lowest BCUT2D eigenvalue weighted by atomic mass is 9.88. The lowest BCUT2D eigenvalue weighted by Gasteiger charge is -2.22. The summed E-state index contributed by atoms with van der Waals surface area (Å²) in [5, 5.41) is 0. The Hall–Kier alpha value is -4.98. The molecule has 0 fully saturated rings. The van der Waals surface area contributed by atoms with E-state index in [1.165, 1.54) is 11.1 Å². The van der Waals surface area contributed by atoms with Crippen LogP contribution in [0.1, 0.15) is 61.3 Å². The zero-order valence-corrected chi connectivity index (χ0v) is 35.3. The summed E-state index contributed by atoms with van der Waals surface area (Å²) in [5.41, 5.74) is 4.60. The Kier molecular flexibility index (Phi) is 19.5. The number of likely N-dealkylation sites (N-methyl/N-ethyl adjacent to an activating group) is 1. The van der Waals surface area contributed by atoms with E-state index < -0.39 is 11.9 Å². The lowest BCUT2D eigenvalue weighted by Crippen LogP contribution is -2.29. The molecule has 0 saturated carbocycles. The highest BCUT2D eigenvalue weighted by Gasteiger charge is 2.19. The molecule has 13 nitrogen and oxygen atoms in total. The Morgan fingerprint density at radius 1 is 0.707 bits per heavy atom. The third-order valence-electron chi connectivity index (χ3n) is 9.82. The molecule has 4 rings (SSSR count). The highest BCUT2D eigenvalue weighted by atomic mass is 16.7. The number of methoxy groups -OCH3 is 4. The first-order valence-electron chi connectivity index (χ1n) is 20.0. The van der Waals surface area contributed by atoms with Crippen molar-refractivity contribution in [2.75, 3.05) is 94.9 Å². The minimum atomic E-state index is -0.585. The van der Waals surface area contributed by atoms with E-state index in [4.69, 9.17) is 42.6 Å². The van der Waals surface area contributed by atoms with Gasteiger partial charge in [-0.1, -0.05) is 26.0 Å².